The van der Waals surface area contributed by atoms with Crippen LogP contribution in [0.4, 0.5) is 0 Å². The van der Waals surface area contributed by atoms with E-state index >= 15 is 0 Å². The minimum atomic E-state index is 0.710. The molecule has 1 heterocycles. The van der Waals surface area contributed by atoms with E-state index in [0.29, 0.717) is 5.25 Å². The molecule has 0 aromatic rings. The number of hydrogen-bond donors (Lipinski definition) is 1. The van der Waals surface area contributed by atoms with Crippen LogP contribution in [-0.2, 0) is 4.74 Å². The van der Waals surface area contributed by atoms with Crippen molar-refractivity contribution in [3.63, 3.8) is 0 Å². The molecule has 1 saturated heterocycles. The molecule has 0 amide bonds. The van der Waals surface area contributed by atoms with Gasteiger partial charge in [-0.15, -0.1) is 0 Å². The zero-order valence-corrected chi connectivity index (χ0v) is 15.8. The summed E-state index contributed by atoms with van der Waals surface area (Å²) in [6, 6.07) is 0. The van der Waals surface area contributed by atoms with E-state index < -0.39 is 0 Å². The van der Waals surface area contributed by atoms with E-state index in [4.69, 9.17) is 9.73 Å². The minimum Gasteiger partial charge on any atom is -0.383 e. The van der Waals surface area contributed by atoms with Gasteiger partial charge in [0, 0.05) is 50.8 Å². The summed E-state index contributed by atoms with van der Waals surface area (Å²) in [5.74, 6) is 2.99. The number of nitrogens with zero attached hydrogens (tertiary/aromatic N) is 3. The lowest BCUT2D eigenvalue weighted by molar-refractivity contribution is 0.163. The lowest BCUT2D eigenvalue weighted by atomic mass is 10.1. The molecule has 5 nitrogen and oxygen atoms in total. The Morgan fingerprint density at radius 1 is 1.45 bits per heavy atom. The van der Waals surface area contributed by atoms with Crippen molar-refractivity contribution in [2.75, 3.05) is 65.8 Å². The second-order valence-electron chi connectivity index (χ2n) is 6.13. The molecule has 0 aromatic heterocycles. The average Bonchev–Trinajstić information content (AvgIpc) is 2.52. The predicted molar refractivity (Wildman–Crippen MR) is 98.0 cm³/mol. The van der Waals surface area contributed by atoms with Crippen LogP contribution in [0.25, 0.3) is 0 Å². The van der Waals surface area contributed by atoms with Gasteiger partial charge in [-0.1, -0.05) is 13.8 Å². The van der Waals surface area contributed by atoms with Crippen molar-refractivity contribution in [3.05, 3.63) is 0 Å². The number of rotatable bonds is 8. The standard InChI is InChI=1S/C16H34N4OS/c1-6-17-16(18-7-8-19(4)9-11-21-5)20-10-12-22-15(13-20)14(2)3/h14-15H,6-13H2,1-5H3,(H,17,18). The van der Waals surface area contributed by atoms with Gasteiger partial charge in [-0.3, -0.25) is 4.99 Å². The number of guanidine groups is 1. The van der Waals surface area contributed by atoms with Gasteiger partial charge in [0.1, 0.15) is 0 Å². The summed E-state index contributed by atoms with van der Waals surface area (Å²) < 4.78 is 5.11. The lowest BCUT2D eigenvalue weighted by Gasteiger charge is -2.36. The number of ether oxygens (including phenoxy) is 1. The van der Waals surface area contributed by atoms with Crippen LogP contribution in [0.1, 0.15) is 20.8 Å². The maximum atomic E-state index is 5.11. The Morgan fingerprint density at radius 2 is 2.23 bits per heavy atom. The molecular weight excluding hydrogens is 296 g/mol. The van der Waals surface area contributed by atoms with Crippen LogP contribution in [0.3, 0.4) is 0 Å². The van der Waals surface area contributed by atoms with Crippen molar-refractivity contribution >= 4 is 17.7 Å². The Labute approximate surface area is 140 Å². The van der Waals surface area contributed by atoms with Crippen LogP contribution >= 0.6 is 11.8 Å². The maximum absolute atomic E-state index is 5.11. The second-order valence-corrected chi connectivity index (χ2v) is 7.48. The van der Waals surface area contributed by atoms with Crippen molar-refractivity contribution in [2.24, 2.45) is 10.9 Å². The molecule has 0 bridgehead atoms. The van der Waals surface area contributed by atoms with Gasteiger partial charge in [0.2, 0.25) is 0 Å². The molecule has 0 aromatic carbocycles. The lowest BCUT2D eigenvalue weighted by Crippen LogP contribution is -2.49. The third kappa shape index (κ3) is 7.20. The van der Waals surface area contributed by atoms with Gasteiger partial charge in [0.25, 0.3) is 0 Å². The van der Waals surface area contributed by atoms with E-state index in [-0.39, 0.29) is 0 Å². The Morgan fingerprint density at radius 3 is 2.86 bits per heavy atom. The van der Waals surface area contributed by atoms with Crippen LogP contribution in [0.2, 0.25) is 0 Å². The molecule has 130 valence electrons. The molecule has 0 aliphatic carbocycles. The number of nitrogens with one attached hydrogen (secondary N) is 1. The fourth-order valence-electron chi connectivity index (χ4n) is 2.38. The summed E-state index contributed by atoms with van der Waals surface area (Å²) in [6.45, 7) is 13.4. The number of likely N-dealkylation sites (N-methyl/N-ethyl adjacent to an activating group) is 1. The van der Waals surface area contributed by atoms with E-state index in [1.165, 1.54) is 5.75 Å². The Balaban J connectivity index is 2.50. The quantitative estimate of drug-likeness (QED) is 0.541. The molecule has 1 aliphatic rings. The summed E-state index contributed by atoms with van der Waals surface area (Å²) in [5, 5.41) is 4.16. The third-order valence-corrected chi connectivity index (χ3v) is 5.43. The van der Waals surface area contributed by atoms with Crippen LogP contribution < -0.4 is 5.32 Å². The Hall–Kier alpha value is -0.460. The van der Waals surface area contributed by atoms with Crippen molar-refractivity contribution < 1.29 is 4.74 Å². The van der Waals surface area contributed by atoms with Gasteiger partial charge >= 0.3 is 0 Å². The summed E-state index contributed by atoms with van der Waals surface area (Å²) in [6.07, 6.45) is 0. The predicted octanol–water partition coefficient (Wildman–Crippen LogP) is 1.60. The van der Waals surface area contributed by atoms with Crippen LogP contribution in [0.15, 0.2) is 4.99 Å². The summed E-state index contributed by atoms with van der Waals surface area (Å²) in [7, 11) is 3.86. The van der Waals surface area contributed by atoms with Crippen LogP contribution in [-0.4, -0.2) is 86.8 Å². The second kappa shape index (κ2) is 11.1. The van der Waals surface area contributed by atoms with Gasteiger partial charge in [-0.05, 0) is 19.9 Å². The number of thioether (sulfide) groups is 1. The maximum Gasteiger partial charge on any atom is 0.194 e. The molecule has 0 saturated carbocycles. The van der Waals surface area contributed by atoms with E-state index in [0.717, 1.165) is 57.8 Å². The fourth-order valence-corrected chi connectivity index (χ4v) is 3.68. The van der Waals surface area contributed by atoms with Crippen molar-refractivity contribution in [1.82, 2.24) is 15.1 Å². The highest BCUT2D eigenvalue weighted by Gasteiger charge is 2.24. The highest BCUT2D eigenvalue weighted by atomic mass is 32.2. The number of hydrogen-bond acceptors (Lipinski definition) is 4. The first kappa shape index (κ1) is 19.6. The smallest absolute Gasteiger partial charge is 0.194 e. The van der Waals surface area contributed by atoms with Gasteiger partial charge < -0.3 is 19.9 Å². The van der Waals surface area contributed by atoms with Crippen LogP contribution in [0.5, 0.6) is 0 Å². The topological polar surface area (TPSA) is 40.1 Å². The third-order valence-electron chi connectivity index (χ3n) is 3.89. The number of methoxy groups -OCH3 is 1. The first-order valence-corrected chi connectivity index (χ1v) is 9.45. The molecule has 0 radical (unpaired) electrons. The Kier molecular flexibility index (Phi) is 9.91. The van der Waals surface area contributed by atoms with Gasteiger partial charge in [-0.25, -0.2) is 0 Å². The monoisotopic (exact) mass is 330 g/mol. The molecule has 0 spiro atoms. The fraction of sp³-hybridized carbons (Fsp3) is 0.938. The Bertz CT molecular complexity index is 325. The SMILES string of the molecule is CCNC(=NCCN(C)CCOC)N1CCSC(C(C)C)C1. The molecule has 22 heavy (non-hydrogen) atoms. The molecule has 1 atom stereocenters. The summed E-state index contributed by atoms with van der Waals surface area (Å²) in [4.78, 5) is 9.51. The normalized spacial score (nSPS) is 20.0. The molecular formula is C16H34N4OS. The number of aliphatic imine (C=N–C) groups is 1. The molecule has 1 rings (SSSR count). The zero-order valence-electron chi connectivity index (χ0n) is 15.0. The van der Waals surface area contributed by atoms with Gasteiger partial charge in [-0.2, -0.15) is 11.8 Å². The van der Waals surface area contributed by atoms with Gasteiger partial charge in [0.05, 0.1) is 13.2 Å². The van der Waals surface area contributed by atoms with Crippen molar-refractivity contribution in [3.8, 4) is 0 Å². The van der Waals surface area contributed by atoms with Crippen LogP contribution in [0, 0.1) is 5.92 Å². The molecule has 1 N–H and O–H groups in total. The summed E-state index contributed by atoms with van der Waals surface area (Å²) in [5.41, 5.74) is 0. The average molecular weight is 331 g/mol. The van der Waals surface area contributed by atoms with Crippen molar-refractivity contribution in [1.29, 1.82) is 0 Å². The minimum absolute atomic E-state index is 0.710. The van der Waals surface area contributed by atoms with E-state index in [1.807, 2.05) is 0 Å². The van der Waals surface area contributed by atoms with Crippen molar-refractivity contribution in [2.45, 2.75) is 26.0 Å². The van der Waals surface area contributed by atoms with Gasteiger partial charge in [0.15, 0.2) is 5.96 Å². The highest BCUT2D eigenvalue weighted by Crippen LogP contribution is 2.24. The summed E-state index contributed by atoms with van der Waals surface area (Å²) >= 11 is 2.10. The first-order chi connectivity index (χ1) is 10.6. The molecule has 6 heteroatoms. The van der Waals surface area contributed by atoms with E-state index in [9.17, 15) is 0 Å². The largest absolute Gasteiger partial charge is 0.383 e. The molecule has 1 aliphatic heterocycles. The van der Waals surface area contributed by atoms with E-state index in [1.54, 1.807) is 7.11 Å². The van der Waals surface area contributed by atoms with E-state index in [2.05, 4.69) is 54.7 Å². The molecule has 1 unspecified atom stereocenters. The highest BCUT2D eigenvalue weighted by molar-refractivity contribution is 8.00. The first-order valence-electron chi connectivity index (χ1n) is 8.40. The molecule has 1 fully saturated rings. The zero-order chi connectivity index (χ0) is 16.4.